The molecule has 0 aliphatic carbocycles. The number of carboxylic acids is 1. The molecule has 0 unspecified atom stereocenters. The molecule has 0 saturated carbocycles. The Balaban J connectivity index is 1.61. The SMILES string of the molecule is C/C(=N/NC(=O)[C@@H](C)Nc1nc2ccccc2s1)c1ccc(C(=O)O)s1. The molecule has 134 valence electrons. The summed E-state index contributed by atoms with van der Waals surface area (Å²) in [7, 11) is 0. The number of rotatable bonds is 6. The van der Waals surface area contributed by atoms with Crippen molar-refractivity contribution in [2.24, 2.45) is 5.10 Å². The zero-order valence-corrected chi connectivity index (χ0v) is 15.6. The predicted molar refractivity (Wildman–Crippen MR) is 104 cm³/mol. The smallest absolute Gasteiger partial charge is 0.345 e. The molecule has 0 radical (unpaired) electrons. The summed E-state index contributed by atoms with van der Waals surface area (Å²) in [6.07, 6.45) is 0. The number of benzene rings is 1. The topological polar surface area (TPSA) is 104 Å². The average Bonchev–Trinajstić information content (AvgIpc) is 3.25. The molecule has 3 N–H and O–H groups in total. The van der Waals surface area contributed by atoms with Crippen LogP contribution in [0, 0.1) is 0 Å². The molecule has 0 spiro atoms. The first kappa shape index (κ1) is 18.0. The molecule has 1 aromatic carbocycles. The molecule has 1 amide bonds. The molecule has 9 heteroatoms. The Morgan fingerprint density at radius 1 is 1.15 bits per heavy atom. The molecule has 2 aromatic heterocycles. The fourth-order valence-corrected chi connectivity index (χ4v) is 3.87. The number of hydrogen-bond donors (Lipinski definition) is 3. The number of para-hydroxylation sites is 1. The van der Waals surface area contributed by atoms with Gasteiger partial charge in [-0.2, -0.15) is 5.10 Å². The van der Waals surface area contributed by atoms with Gasteiger partial charge in [-0.1, -0.05) is 23.5 Å². The number of carbonyl (C=O) groups excluding carboxylic acids is 1. The van der Waals surface area contributed by atoms with Crippen LogP contribution in [0.2, 0.25) is 0 Å². The van der Waals surface area contributed by atoms with Crippen molar-refractivity contribution in [2.45, 2.75) is 19.9 Å². The van der Waals surface area contributed by atoms with Gasteiger partial charge in [0.1, 0.15) is 10.9 Å². The number of thiazole rings is 1. The van der Waals surface area contributed by atoms with Crippen molar-refractivity contribution in [3.05, 3.63) is 46.2 Å². The molecular weight excluding hydrogens is 372 g/mol. The number of hydrogen-bond acceptors (Lipinski definition) is 7. The third kappa shape index (κ3) is 4.06. The molecule has 2 heterocycles. The lowest BCUT2D eigenvalue weighted by atomic mass is 10.3. The summed E-state index contributed by atoms with van der Waals surface area (Å²) < 4.78 is 1.04. The second-order valence-corrected chi connectivity index (χ2v) is 7.61. The van der Waals surface area contributed by atoms with Crippen LogP contribution >= 0.6 is 22.7 Å². The zero-order chi connectivity index (χ0) is 18.7. The van der Waals surface area contributed by atoms with E-state index in [1.807, 2.05) is 24.3 Å². The maximum atomic E-state index is 12.2. The van der Waals surface area contributed by atoms with Crippen LogP contribution in [0.5, 0.6) is 0 Å². The van der Waals surface area contributed by atoms with E-state index in [2.05, 4.69) is 20.8 Å². The van der Waals surface area contributed by atoms with Gasteiger partial charge in [0.05, 0.1) is 20.8 Å². The van der Waals surface area contributed by atoms with Gasteiger partial charge in [0.25, 0.3) is 5.91 Å². The molecular formula is C17H16N4O3S2. The zero-order valence-electron chi connectivity index (χ0n) is 14.0. The first-order valence-corrected chi connectivity index (χ1v) is 9.37. The van der Waals surface area contributed by atoms with Crippen LogP contribution < -0.4 is 10.7 Å². The number of amides is 1. The largest absolute Gasteiger partial charge is 0.477 e. The van der Waals surface area contributed by atoms with E-state index in [1.54, 1.807) is 19.9 Å². The minimum atomic E-state index is -0.980. The second kappa shape index (κ2) is 7.63. The number of thiophene rings is 1. The third-order valence-corrected chi connectivity index (χ3v) is 5.68. The molecule has 26 heavy (non-hydrogen) atoms. The Labute approximate surface area is 157 Å². The van der Waals surface area contributed by atoms with Gasteiger partial charge in [0.15, 0.2) is 5.13 Å². The number of hydrazone groups is 1. The molecule has 3 rings (SSSR count). The number of aromatic nitrogens is 1. The molecule has 1 atom stereocenters. The third-order valence-electron chi connectivity index (χ3n) is 3.53. The van der Waals surface area contributed by atoms with Gasteiger partial charge in [-0.15, -0.1) is 11.3 Å². The highest BCUT2D eigenvalue weighted by Crippen LogP contribution is 2.25. The molecule has 0 fully saturated rings. The minimum absolute atomic E-state index is 0.228. The van der Waals surface area contributed by atoms with E-state index in [1.165, 1.54) is 17.4 Å². The summed E-state index contributed by atoms with van der Waals surface area (Å²) in [4.78, 5) is 28.5. The van der Waals surface area contributed by atoms with Crippen LogP contribution in [-0.4, -0.2) is 33.7 Å². The van der Waals surface area contributed by atoms with E-state index < -0.39 is 12.0 Å². The Morgan fingerprint density at radius 3 is 2.58 bits per heavy atom. The monoisotopic (exact) mass is 388 g/mol. The van der Waals surface area contributed by atoms with E-state index in [0.717, 1.165) is 21.6 Å². The predicted octanol–water partition coefficient (Wildman–Crippen LogP) is 3.40. The van der Waals surface area contributed by atoms with Crippen molar-refractivity contribution < 1.29 is 14.7 Å². The lowest BCUT2D eigenvalue weighted by Gasteiger charge is -2.10. The van der Waals surface area contributed by atoms with Crippen molar-refractivity contribution in [3.8, 4) is 0 Å². The van der Waals surface area contributed by atoms with Crippen molar-refractivity contribution in [3.63, 3.8) is 0 Å². The lowest BCUT2D eigenvalue weighted by Crippen LogP contribution is -2.35. The second-order valence-electron chi connectivity index (χ2n) is 5.50. The molecule has 0 aliphatic heterocycles. The Bertz CT molecular complexity index is 960. The lowest BCUT2D eigenvalue weighted by molar-refractivity contribution is -0.121. The highest BCUT2D eigenvalue weighted by atomic mass is 32.1. The Hall–Kier alpha value is -2.78. The van der Waals surface area contributed by atoms with Gasteiger partial charge in [-0.3, -0.25) is 4.79 Å². The quantitative estimate of drug-likeness (QED) is 0.443. The van der Waals surface area contributed by atoms with Gasteiger partial charge < -0.3 is 10.4 Å². The van der Waals surface area contributed by atoms with Crippen molar-refractivity contribution in [1.82, 2.24) is 10.4 Å². The van der Waals surface area contributed by atoms with Gasteiger partial charge >= 0.3 is 5.97 Å². The van der Waals surface area contributed by atoms with Crippen LogP contribution in [0.25, 0.3) is 10.2 Å². The standard InChI is InChI=1S/C17H16N4O3S2/c1-9(12-7-8-14(25-12)16(23)24)20-21-15(22)10(2)18-17-19-11-5-3-4-6-13(11)26-17/h3-8,10H,1-2H3,(H,18,19)(H,21,22)(H,23,24)/b20-9-/t10-/m1/s1. The van der Waals surface area contributed by atoms with E-state index in [0.29, 0.717) is 15.7 Å². The van der Waals surface area contributed by atoms with Gasteiger partial charge in [-0.25, -0.2) is 15.2 Å². The molecule has 0 aliphatic rings. The summed E-state index contributed by atoms with van der Waals surface area (Å²) in [5.41, 5.74) is 3.92. The normalized spacial score (nSPS) is 12.8. The van der Waals surface area contributed by atoms with Crippen LogP contribution in [0.15, 0.2) is 41.5 Å². The summed E-state index contributed by atoms with van der Waals surface area (Å²) in [6, 6.07) is 10.4. The minimum Gasteiger partial charge on any atom is -0.477 e. The van der Waals surface area contributed by atoms with E-state index in [9.17, 15) is 9.59 Å². The Kier molecular flexibility index (Phi) is 5.29. The van der Waals surface area contributed by atoms with Gasteiger partial charge in [-0.05, 0) is 38.1 Å². The first-order valence-electron chi connectivity index (χ1n) is 7.74. The van der Waals surface area contributed by atoms with Crippen molar-refractivity contribution in [1.29, 1.82) is 0 Å². The number of anilines is 1. The highest BCUT2D eigenvalue weighted by molar-refractivity contribution is 7.22. The number of nitrogens with one attached hydrogen (secondary N) is 2. The maximum Gasteiger partial charge on any atom is 0.345 e. The highest BCUT2D eigenvalue weighted by Gasteiger charge is 2.15. The van der Waals surface area contributed by atoms with Crippen LogP contribution in [0.4, 0.5) is 5.13 Å². The fourth-order valence-electron chi connectivity index (χ4n) is 2.12. The average molecular weight is 388 g/mol. The number of nitrogens with zero attached hydrogens (tertiary/aromatic N) is 2. The summed E-state index contributed by atoms with van der Waals surface area (Å²) in [5, 5.41) is 16.7. The number of carboxylic acid groups (broad SMARTS) is 1. The van der Waals surface area contributed by atoms with E-state index in [-0.39, 0.29) is 10.8 Å². The molecule has 3 aromatic rings. The van der Waals surface area contributed by atoms with Crippen LogP contribution in [-0.2, 0) is 4.79 Å². The van der Waals surface area contributed by atoms with Gasteiger partial charge in [0.2, 0.25) is 0 Å². The van der Waals surface area contributed by atoms with Crippen LogP contribution in [0.3, 0.4) is 0 Å². The maximum absolute atomic E-state index is 12.2. The summed E-state index contributed by atoms with van der Waals surface area (Å²) >= 11 is 2.59. The fraction of sp³-hybridized carbons (Fsp3) is 0.176. The number of aromatic carboxylic acids is 1. The molecule has 0 bridgehead atoms. The van der Waals surface area contributed by atoms with E-state index >= 15 is 0 Å². The Morgan fingerprint density at radius 2 is 1.88 bits per heavy atom. The van der Waals surface area contributed by atoms with E-state index in [4.69, 9.17) is 5.11 Å². The number of fused-ring (bicyclic) bond motifs is 1. The first-order chi connectivity index (χ1) is 12.4. The summed E-state index contributed by atoms with van der Waals surface area (Å²) in [5.74, 6) is -1.29. The van der Waals surface area contributed by atoms with Crippen molar-refractivity contribution in [2.75, 3.05) is 5.32 Å². The van der Waals surface area contributed by atoms with Crippen LogP contribution in [0.1, 0.15) is 28.4 Å². The molecule has 7 nitrogen and oxygen atoms in total. The number of carbonyl (C=O) groups is 2. The molecule has 0 saturated heterocycles. The summed E-state index contributed by atoms with van der Waals surface area (Å²) in [6.45, 7) is 3.43. The van der Waals surface area contributed by atoms with Gasteiger partial charge in [0, 0.05) is 0 Å². The van der Waals surface area contributed by atoms with Crippen molar-refractivity contribution >= 4 is 55.6 Å².